The molecule has 2 aromatic carbocycles. The van der Waals surface area contributed by atoms with Gasteiger partial charge in [0.1, 0.15) is 4.99 Å². The molecule has 126 valence electrons. The molecule has 0 saturated carbocycles. The first kappa shape index (κ1) is 16.9. The van der Waals surface area contributed by atoms with E-state index in [1.54, 1.807) is 4.90 Å². The number of hydrogen-bond donors (Lipinski definition) is 1. The van der Waals surface area contributed by atoms with Crippen LogP contribution in [0.1, 0.15) is 55.5 Å². The number of nitrogens with zero attached hydrogens (tertiary/aromatic N) is 1. The molecule has 4 heteroatoms. The smallest absolute Gasteiger partial charge is 0.259 e. The Hall–Kier alpha value is -1.94. The number of thiocarbonyl (C=S) groups is 1. The van der Waals surface area contributed by atoms with E-state index in [1.165, 1.54) is 0 Å². The topological polar surface area (TPSA) is 32.3 Å². The van der Waals surface area contributed by atoms with Crippen molar-refractivity contribution in [2.45, 2.75) is 39.5 Å². The van der Waals surface area contributed by atoms with Gasteiger partial charge in [0.25, 0.3) is 5.91 Å². The van der Waals surface area contributed by atoms with Crippen molar-refractivity contribution in [2.24, 2.45) is 0 Å². The molecule has 1 aliphatic rings. The van der Waals surface area contributed by atoms with Crippen molar-refractivity contribution >= 4 is 39.6 Å². The zero-order chi connectivity index (χ0) is 17.1. The van der Waals surface area contributed by atoms with E-state index in [2.05, 4.69) is 25.2 Å². The van der Waals surface area contributed by atoms with Crippen LogP contribution in [0.15, 0.2) is 30.3 Å². The molecule has 2 aromatic rings. The lowest BCUT2D eigenvalue weighted by Crippen LogP contribution is -2.40. The summed E-state index contributed by atoms with van der Waals surface area (Å²) in [7, 11) is 0. The summed E-state index contributed by atoms with van der Waals surface area (Å²) in [6.45, 7) is 5.94. The average molecular weight is 340 g/mol. The Bertz CT molecular complexity index is 762. The largest absolute Gasteiger partial charge is 0.385 e. The van der Waals surface area contributed by atoms with E-state index in [4.69, 9.17) is 12.2 Å². The van der Waals surface area contributed by atoms with E-state index in [0.29, 0.717) is 11.5 Å². The first-order chi connectivity index (χ1) is 11.7. The first-order valence-corrected chi connectivity index (χ1v) is 9.25. The number of carbonyl (C=O) groups excluding carboxylic acids is 1. The van der Waals surface area contributed by atoms with Gasteiger partial charge in [-0.25, -0.2) is 0 Å². The molecule has 1 amide bonds. The highest BCUT2D eigenvalue weighted by molar-refractivity contribution is 7.80. The SMILES string of the molecule is CCCCNc1ccc2c3c(cccc13)C(=S)N(CCCC)C2=O. The molecule has 0 spiro atoms. The van der Waals surface area contributed by atoms with Crippen LogP contribution in [0, 0.1) is 0 Å². The standard InChI is InChI=1S/C20H24N2OS/c1-3-5-12-21-17-11-10-15-18-14(17)8-7-9-16(18)20(24)22(19(15)23)13-6-4-2/h7-11,21H,3-6,12-13H2,1-2H3. The molecule has 0 saturated heterocycles. The molecule has 0 radical (unpaired) electrons. The van der Waals surface area contributed by atoms with Crippen LogP contribution in [0.2, 0.25) is 0 Å². The van der Waals surface area contributed by atoms with Gasteiger partial charge in [-0.05, 0) is 25.0 Å². The lowest BCUT2D eigenvalue weighted by Gasteiger charge is -2.30. The highest BCUT2D eigenvalue weighted by atomic mass is 32.1. The van der Waals surface area contributed by atoms with Crippen LogP contribution in [0.5, 0.6) is 0 Å². The maximum absolute atomic E-state index is 12.9. The van der Waals surface area contributed by atoms with E-state index in [1.807, 2.05) is 24.3 Å². The number of carbonyl (C=O) groups is 1. The third-order valence-corrected chi connectivity index (χ3v) is 5.01. The number of benzene rings is 2. The second-order valence-electron chi connectivity index (χ2n) is 6.28. The number of rotatable bonds is 7. The Labute approximate surface area is 149 Å². The van der Waals surface area contributed by atoms with Crippen LogP contribution >= 0.6 is 12.2 Å². The molecule has 3 nitrogen and oxygen atoms in total. The monoisotopic (exact) mass is 340 g/mol. The van der Waals surface area contributed by atoms with Crippen molar-refractivity contribution in [3.8, 4) is 0 Å². The average Bonchev–Trinajstić information content (AvgIpc) is 2.60. The number of nitrogens with one attached hydrogen (secondary N) is 1. The van der Waals surface area contributed by atoms with Gasteiger partial charge in [0.05, 0.1) is 0 Å². The summed E-state index contributed by atoms with van der Waals surface area (Å²) >= 11 is 5.64. The van der Waals surface area contributed by atoms with E-state index >= 15 is 0 Å². The minimum atomic E-state index is 0.0391. The highest BCUT2D eigenvalue weighted by Crippen LogP contribution is 2.34. The predicted molar refractivity (Wildman–Crippen MR) is 105 cm³/mol. The summed E-state index contributed by atoms with van der Waals surface area (Å²) in [5.74, 6) is 0.0391. The van der Waals surface area contributed by atoms with Crippen LogP contribution in [0.3, 0.4) is 0 Å². The van der Waals surface area contributed by atoms with Crippen molar-refractivity contribution in [1.82, 2.24) is 4.90 Å². The van der Waals surface area contributed by atoms with Crippen molar-refractivity contribution in [2.75, 3.05) is 18.4 Å². The molecule has 0 aromatic heterocycles. The van der Waals surface area contributed by atoms with Crippen molar-refractivity contribution in [1.29, 1.82) is 0 Å². The fourth-order valence-electron chi connectivity index (χ4n) is 3.22. The third kappa shape index (κ3) is 2.91. The Balaban J connectivity index is 2.06. The zero-order valence-corrected chi connectivity index (χ0v) is 15.2. The van der Waals surface area contributed by atoms with E-state index < -0.39 is 0 Å². The van der Waals surface area contributed by atoms with Gasteiger partial charge in [-0.15, -0.1) is 0 Å². The zero-order valence-electron chi connectivity index (χ0n) is 14.4. The second-order valence-corrected chi connectivity index (χ2v) is 6.67. The van der Waals surface area contributed by atoms with Gasteiger partial charge in [-0.2, -0.15) is 0 Å². The maximum Gasteiger partial charge on any atom is 0.259 e. The molecule has 0 unspecified atom stereocenters. The first-order valence-electron chi connectivity index (χ1n) is 8.84. The number of anilines is 1. The van der Waals surface area contributed by atoms with E-state index in [-0.39, 0.29) is 5.91 Å². The van der Waals surface area contributed by atoms with Gasteiger partial charge in [-0.3, -0.25) is 9.69 Å². The summed E-state index contributed by atoms with van der Waals surface area (Å²) < 4.78 is 0. The number of unbranched alkanes of at least 4 members (excludes halogenated alkanes) is 2. The molecule has 0 fully saturated rings. The summed E-state index contributed by atoms with van der Waals surface area (Å²) in [6, 6.07) is 10.1. The predicted octanol–water partition coefficient (Wildman–Crippen LogP) is 4.98. The molecular formula is C20H24N2OS. The Kier molecular flexibility index (Phi) is 5.14. The molecule has 0 bridgehead atoms. The van der Waals surface area contributed by atoms with Gasteiger partial charge in [-0.1, -0.05) is 57.1 Å². The fraction of sp³-hybridized carbons (Fsp3) is 0.400. The minimum absolute atomic E-state index is 0.0391. The van der Waals surface area contributed by atoms with Crippen LogP contribution < -0.4 is 5.32 Å². The Morgan fingerprint density at radius 3 is 2.58 bits per heavy atom. The molecule has 0 aliphatic carbocycles. The molecule has 0 atom stereocenters. The van der Waals surface area contributed by atoms with Gasteiger partial charge in [0.2, 0.25) is 0 Å². The van der Waals surface area contributed by atoms with Gasteiger partial charge >= 0.3 is 0 Å². The van der Waals surface area contributed by atoms with Crippen LogP contribution in [0.4, 0.5) is 5.69 Å². The third-order valence-electron chi connectivity index (χ3n) is 4.57. The minimum Gasteiger partial charge on any atom is -0.385 e. The number of amides is 1. The Morgan fingerprint density at radius 1 is 1.04 bits per heavy atom. The molecule has 1 aliphatic heterocycles. The van der Waals surface area contributed by atoms with Gasteiger partial charge in [0.15, 0.2) is 0 Å². The number of hydrogen-bond acceptors (Lipinski definition) is 3. The molecule has 3 rings (SSSR count). The van der Waals surface area contributed by atoms with Gasteiger partial charge < -0.3 is 5.32 Å². The summed E-state index contributed by atoms with van der Waals surface area (Å²) in [5, 5.41) is 5.59. The van der Waals surface area contributed by atoms with E-state index in [9.17, 15) is 4.79 Å². The van der Waals surface area contributed by atoms with Crippen LogP contribution in [0.25, 0.3) is 10.8 Å². The summed E-state index contributed by atoms with van der Waals surface area (Å²) in [5.41, 5.74) is 2.86. The maximum atomic E-state index is 12.9. The van der Waals surface area contributed by atoms with Gasteiger partial charge in [0, 0.05) is 40.7 Å². The fourth-order valence-corrected chi connectivity index (χ4v) is 3.56. The highest BCUT2D eigenvalue weighted by Gasteiger charge is 2.30. The molecular weight excluding hydrogens is 316 g/mol. The molecule has 24 heavy (non-hydrogen) atoms. The normalized spacial score (nSPS) is 13.7. The van der Waals surface area contributed by atoms with Crippen LogP contribution in [-0.2, 0) is 0 Å². The summed E-state index contributed by atoms with van der Waals surface area (Å²) in [4.78, 5) is 15.3. The Morgan fingerprint density at radius 2 is 1.83 bits per heavy atom. The lowest BCUT2D eigenvalue weighted by atomic mass is 9.93. The quantitative estimate of drug-likeness (QED) is 0.570. The summed E-state index contributed by atoms with van der Waals surface area (Å²) in [6.07, 6.45) is 4.30. The van der Waals surface area contributed by atoms with E-state index in [0.717, 1.165) is 59.8 Å². The second kappa shape index (κ2) is 7.31. The van der Waals surface area contributed by atoms with Crippen LogP contribution in [-0.4, -0.2) is 28.9 Å². The lowest BCUT2D eigenvalue weighted by molar-refractivity contribution is 0.0848. The molecule has 1 heterocycles. The van der Waals surface area contributed by atoms with Crippen molar-refractivity contribution < 1.29 is 4.79 Å². The molecule has 1 N–H and O–H groups in total. The van der Waals surface area contributed by atoms with Crippen molar-refractivity contribution in [3.63, 3.8) is 0 Å². The van der Waals surface area contributed by atoms with Crippen molar-refractivity contribution in [3.05, 3.63) is 41.5 Å².